The highest BCUT2D eigenvalue weighted by atomic mass is 16.5. The van der Waals surface area contributed by atoms with Gasteiger partial charge in [-0.25, -0.2) is 4.99 Å². The molecular formula is C11H14N2O. The molecule has 0 aliphatic rings. The molecule has 0 aliphatic carbocycles. The van der Waals surface area contributed by atoms with Crippen molar-refractivity contribution in [3.63, 3.8) is 0 Å². The van der Waals surface area contributed by atoms with E-state index < -0.39 is 0 Å². The molecule has 0 amide bonds. The van der Waals surface area contributed by atoms with Gasteiger partial charge in [-0.3, -0.25) is 0 Å². The summed E-state index contributed by atoms with van der Waals surface area (Å²) in [5.74, 6) is 0.735. The second-order valence-corrected chi connectivity index (χ2v) is 3.11. The minimum atomic E-state index is 0.216. The van der Waals surface area contributed by atoms with E-state index in [-0.39, 0.29) is 6.04 Å². The van der Waals surface area contributed by atoms with Crippen LogP contribution in [-0.2, 0) is 0 Å². The van der Waals surface area contributed by atoms with Gasteiger partial charge in [0.2, 0.25) is 0 Å². The number of ether oxygens (including phenoxy) is 1. The molecule has 0 heterocycles. The van der Waals surface area contributed by atoms with Crippen molar-refractivity contribution < 1.29 is 4.74 Å². The predicted molar refractivity (Wildman–Crippen MR) is 57.7 cm³/mol. The Balaban J connectivity index is 2.91. The molecule has 0 saturated carbocycles. The van der Waals surface area contributed by atoms with Gasteiger partial charge < -0.3 is 4.74 Å². The molecule has 0 spiro atoms. The van der Waals surface area contributed by atoms with Crippen molar-refractivity contribution >= 4 is 11.7 Å². The van der Waals surface area contributed by atoms with Gasteiger partial charge in [0.15, 0.2) is 0 Å². The third-order valence-electron chi connectivity index (χ3n) is 1.57. The smallest absolute Gasteiger partial charge is 0.145 e. The number of hydrogen-bond donors (Lipinski definition) is 0. The molecule has 1 aromatic rings. The third kappa shape index (κ3) is 3.04. The van der Waals surface area contributed by atoms with E-state index in [9.17, 15) is 0 Å². The highest BCUT2D eigenvalue weighted by Gasteiger charge is 1.96. The van der Waals surface area contributed by atoms with Crippen molar-refractivity contribution in [1.29, 1.82) is 0 Å². The number of benzene rings is 1. The van der Waals surface area contributed by atoms with Crippen molar-refractivity contribution in [2.45, 2.75) is 19.9 Å². The summed E-state index contributed by atoms with van der Waals surface area (Å²) in [6, 6.07) is 10.4. The van der Waals surface area contributed by atoms with Gasteiger partial charge in [-0.2, -0.15) is 4.99 Å². The Morgan fingerprint density at radius 3 is 2.64 bits per heavy atom. The SMILES string of the molecule is COc1ccccc1N=C=NC(C)C. The molecule has 74 valence electrons. The van der Waals surface area contributed by atoms with E-state index in [1.807, 2.05) is 38.1 Å². The van der Waals surface area contributed by atoms with Crippen LogP contribution in [-0.4, -0.2) is 19.2 Å². The summed E-state index contributed by atoms with van der Waals surface area (Å²) in [6.07, 6.45) is 0. The van der Waals surface area contributed by atoms with Gasteiger partial charge in [-0.15, -0.1) is 0 Å². The molecule has 0 aliphatic heterocycles. The van der Waals surface area contributed by atoms with Crippen LogP contribution in [0.15, 0.2) is 34.3 Å². The summed E-state index contributed by atoms with van der Waals surface area (Å²) in [5.41, 5.74) is 0.749. The Morgan fingerprint density at radius 1 is 1.29 bits per heavy atom. The summed E-state index contributed by atoms with van der Waals surface area (Å²) in [7, 11) is 1.62. The first-order valence-corrected chi connectivity index (χ1v) is 4.52. The van der Waals surface area contributed by atoms with Gasteiger partial charge in [0, 0.05) is 0 Å². The first kappa shape index (κ1) is 10.5. The van der Waals surface area contributed by atoms with Gasteiger partial charge in [-0.1, -0.05) is 12.1 Å². The number of nitrogens with zero attached hydrogens (tertiary/aromatic N) is 2. The molecule has 3 heteroatoms. The maximum absolute atomic E-state index is 5.13. The number of hydrogen-bond acceptors (Lipinski definition) is 3. The van der Waals surface area contributed by atoms with Crippen LogP contribution in [0.3, 0.4) is 0 Å². The van der Waals surface area contributed by atoms with E-state index >= 15 is 0 Å². The van der Waals surface area contributed by atoms with E-state index in [0.29, 0.717) is 0 Å². The fraction of sp³-hybridized carbons (Fsp3) is 0.364. The Kier molecular flexibility index (Phi) is 3.89. The highest BCUT2D eigenvalue weighted by molar-refractivity contribution is 5.59. The fourth-order valence-electron chi connectivity index (χ4n) is 0.920. The molecule has 3 nitrogen and oxygen atoms in total. The molecule has 1 aromatic carbocycles. The van der Waals surface area contributed by atoms with Crippen LogP contribution in [0, 0.1) is 0 Å². The summed E-state index contributed by atoms with van der Waals surface area (Å²) in [6.45, 7) is 3.95. The number of para-hydroxylation sites is 2. The highest BCUT2D eigenvalue weighted by Crippen LogP contribution is 2.25. The molecule has 0 N–H and O–H groups in total. The molecule has 14 heavy (non-hydrogen) atoms. The standard InChI is InChI=1S/C11H14N2O/c1-9(2)12-8-13-10-6-4-5-7-11(10)14-3/h4-7,9H,1-3H3. The lowest BCUT2D eigenvalue weighted by atomic mass is 10.3. The Hall–Kier alpha value is -1.60. The topological polar surface area (TPSA) is 34.0 Å². The summed E-state index contributed by atoms with van der Waals surface area (Å²) >= 11 is 0. The summed E-state index contributed by atoms with van der Waals surface area (Å²) in [5, 5.41) is 0. The van der Waals surface area contributed by atoms with E-state index in [1.54, 1.807) is 7.11 Å². The van der Waals surface area contributed by atoms with Crippen LogP contribution in [0.5, 0.6) is 5.75 Å². The number of aliphatic imine (C=N–C) groups is 2. The van der Waals surface area contributed by atoms with Crippen LogP contribution >= 0.6 is 0 Å². The van der Waals surface area contributed by atoms with Crippen molar-refractivity contribution in [2.24, 2.45) is 9.98 Å². The van der Waals surface area contributed by atoms with E-state index in [0.717, 1.165) is 11.4 Å². The zero-order valence-electron chi connectivity index (χ0n) is 8.69. The normalized spacial score (nSPS) is 9.43. The van der Waals surface area contributed by atoms with E-state index in [1.165, 1.54) is 0 Å². The van der Waals surface area contributed by atoms with Gasteiger partial charge in [0.25, 0.3) is 0 Å². The second-order valence-electron chi connectivity index (χ2n) is 3.11. The zero-order valence-corrected chi connectivity index (χ0v) is 8.69. The zero-order chi connectivity index (χ0) is 10.4. The third-order valence-corrected chi connectivity index (χ3v) is 1.57. The van der Waals surface area contributed by atoms with Gasteiger partial charge in [0.1, 0.15) is 11.4 Å². The van der Waals surface area contributed by atoms with Crippen LogP contribution in [0.4, 0.5) is 5.69 Å². The number of rotatable bonds is 3. The Bertz CT molecular complexity index is 352. The molecule has 0 aromatic heterocycles. The number of methoxy groups -OCH3 is 1. The minimum absolute atomic E-state index is 0.216. The van der Waals surface area contributed by atoms with E-state index in [4.69, 9.17) is 4.74 Å². The van der Waals surface area contributed by atoms with Gasteiger partial charge in [0.05, 0.1) is 19.2 Å². The minimum Gasteiger partial charge on any atom is -0.494 e. The fourth-order valence-corrected chi connectivity index (χ4v) is 0.920. The Morgan fingerprint density at radius 2 is 2.00 bits per heavy atom. The van der Waals surface area contributed by atoms with Crippen LogP contribution < -0.4 is 4.74 Å². The average Bonchev–Trinajstić information content (AvgIpc) is 2.18. The van der Waals surface area contributed by atoms with Crippen LogP contribution in [0.1, 0.15) is 13.8 Å². The Labute approximate surface area is 84.2 Å². The van der Waals surface area contributed by atoms with Crippen molar-refractivity contribution in [2.75, 3.05) is 7.11 Å². The molecule has 0 unspecified atom stereocenters. The lowest BCUT2D eigenvalue weighted by Gasteiger charge is -2.00. The monoisotopic (exact) mass is 190 g/mol. The molecule has 1 rings (SSSR count). The lowest BCUT2D eigenvalue weighted by Crippen LogP contribution is -1.85. The summed E-state index contributed by atoms with van der Waals surface area (Å²) in [4.78, 5) is 8.10. The molecular weight excluding hydrogens is 176 g/mol. The predicted octanol–water partition coefficient (Wildman–Crippen LogP) is 2.91. The molecule has 0 radical (unpaired) electrons. The lowest BCUT2D eigenvalue weighted by molar-refractivity contribution is 0.416. The van der Waals surface area contributed by atoms with E-state index in [2.05, 4.69) is 16.0 Å². The van der Waals surface area contributed by atoms with Crippen molar-refractivity contribution in [3.8, 4) is 5.75 Å². The molecule has 0 saturated heterocycles. The maximum Gasteiger partial charge on any atom is 0.145 e. The largest absolute Gasteiger partial charge is 0.494 e. The molecule has 0 fully saturated rings. The molecule has 0 bridgehead atoms. The van der Waals surface area contributed by atoms with Crippen LogP contribution in [0.2, 0.25) is 0 Å². The first-order valence-electron chi connectivity index (χ1n) is 4.52. The summed E-state index contributed by atoms with van der Waals surface area (Å²) < 4.78 is 5.13. The van der Waals surface area contributed by atoms with Gasteiger partial charge >= 0.3 is 0 Å². The van der Waals surface area contributed by atoms with Gasteiger partial charge in [-0.05, 0) is 26.0 Å². The maximum atomic E-state index is 5.13. The average molecular weight is 190 g/mol. The second kappa shape index (κ2) is 5.20. The first-order chi connectivity index (χ1) is 6.74. The van der Waals surface area contributed by atoms with Crippen LogP contribution in [0.25, 0.3) is 0 Å². The molecule has 0 atom stereocenters. The van der Waals surface area contributed by atoms with Crippen molar-refractivity contribution in [1.82, 2.24) is 0 Å². The van der Waals surface area contributed by atoms with Crippen molar-refractivity contribution in [3.05, 3.63) is 24.3 Å². The quantitative estimate of drug-likeness (QED) is 0.675.